The van der Waals surface area contributed by atoms with Crippen LogP contribution in [-0.2, 0) is 5.11 Å². The molecule has 2 rings (SSSR count). The second-order valence-corrected chi connectivity index (χ2v) is 4.71. The molecule has 0 saturated carbocycles. The Balaban J connectivity index is 1.73. The molecule has 2 heterocycles. The van der Waals surface area contributed by atoms with E-state index in [1.807, 2.05) is 0 Å². The molecule has 91 valence electrons. The summed E-state index contributed by atoms with van der Waals surface area (Å²) in [4.78, 5) is 12.9. The quantitative estimate of drug-likeness (QED) is 0.764. The van der Waals surface area contributed by atoms with Crippen molar-refractivity contribution in [3.8, 4) is 0 Å². The van der Waals surface area contributed by atoms with Crippen LogP contribution in [0.25, 0.3) is 0 Å². The summed E-state index contributed by atoms with van der Waals surface area (Å²) in [7, 11) is 0. The van der Waals surface area contributed by atoms with E-state index in [0.717, 1.165) is 25.9 Å². The maximum Gasteiger partial charge on any atom is 0.464 e. The Morgan fingerprint density at radius 1 is 1.00 bits per heavy atom. The van der Waals surface area contributed by atoms with Gasteiger partial charge in [0.2, 0.25) is 0 Å². The van der Waals surface area contributed by atoms with E-state index in [2.05, 4.69) is 10.3 Å². The van der Waals surface area contributed by atoms with Crippen LogP contribution in [0.3, 0.4) is 0 Å². The number of rotatable bonds is 2. The van der Waals surface area contributed by atoms with Crippen LogP contribution in [0, 0.1) is 0 Å². The molecule has 0 unspecified atom stereocenters. The molecule has 16 heavy (non-hydrogen) atoms. The lowest BCUT2D eigenvalue weighted by Crippen LogP contribution is -2.51. The molecule has 5 nitrogen and oxygen atoms in total. The molecular formula is C11H20N3O2. The zero-order valence-corrected chi connectivity index (χ0v) is 9.65. The van der Waals surface area contributed by atoms with Crippen LogP contribution < -0.4 is 5.43 Å². The number of likely N-dealkylation sites (tertiary alicyclic amines) is 1. The molecule has 1 amide bonds. The predicted octanol–water partition coefficient (Wildman–Crippen LogP) is 0.992. The Morgan fingerprint density at radius 3 is 2.19 bits per heavy atom. The van der Waals surface area contributed by atoms with Gasteiger partial charge in [-0.3, -0.25) is 5.43 Å². The van der Waals surface area contributed by atoms with Crippen molar-refractivity contribution in [3.63, 3.8) is 0 Å². The summed E-state index contributed by atoms with van der Waals surface area (Å²) in [6.45, 7) is 4.04. The minimum atomic E-state index is -1.20. The number of nitrogens with one attached hydrogen (secondary N) is 1. The van der Waals surface area contributed by atoms with E-state index < -0.39 is 6.09 Å². The van der Waals surface area contributed by atoms with Gasteiger partial charge in [-0.1, -0.05) is 6.42 Å². The summed E-state index contributed by atoms with van der Waals surface area (Å²) in [5.74, 6) is 0. The molecule has 0 aliphatic carbocycles. The summed E-state index contributed by atoms with van der Waals surface area (Å²) in [5.41, 5.74) is 2.33. The predicted molar refractivity (Wildman–Crippen MR) is 59.2 cm³/mol. The fraction of sp³-hybridized carbons (Fsp3) is 0.909. The first kappa shape index (κ1) is 11.7. The molecule has 2 saturated heterocycles. The highest BCUT2D eigenvalue weighted by molar-refractivity contribution is 5.63. The third-order valence-corrected chi connectivity index (χ3v) is 3.62. The molecule has 1 radical (unpaired) electrons. The number of hydrazine groups is 1. The first-order valence-corrected chi connectivity index (χ1v) is 6.22. The van der Waals surface area contributed by atoms with Crippen molar-refractivity contribution in [1.82, 2.24) is 15.3 Å². The zero-order chi connectivity index (χ0) is 11.4. The molecular weight excluding hydrogens is 206 g/mol. The number of carbonyl (C=O) groups excluding carboxylic acids is 1. The smallest absolute Gasteiger partial charge is 0.300 e. The summed E-state index contributed by atoms with van der Waals surface area (Å²) in [5, 5.41) is 12.1. The molecule has 0 atom stereocenters. The van der Waals surface area contributed by atoms with Crippen LogP contribution in [0.4, 0.5) is 4.79 Å². The van der Waals surface area contributed by atoms with Crippen molar-refractivity contribution in [3.05, 3.63) is 0 Å². The number of piperidine rings is 2. The second-order valence-electron chi connectivity index (χ2n) is 4.71. The minimum absolute atomic E-state index is 0.653. The van der Waals surface area contributed by atoms with E-state index in [-0.39, 0.29) is 0 Å². The van der Waals surface area contributed by atoms with Gasteiger partial charge in [-0.25, -0.2) is 14.9 Å². The topological polar surface area (TPSA) is 55.5 Å². The Kier molecular flexibility index (Phi) is 4.01. The van der Waals surface area contributed by atoms with Crippen LogP contribution in [0.1, 0.15) is 32.1 Å². The van der Waals surface area contributed by atoms with Crippen LogP contribution in [0.2, 0.25) is 0 Å². The molecule has 2 aliphatic rings. The van der Waals surface area contributed by atoms with Crippen molar-refractivity contribution in [2.24, 2.45) is 0 Å². The first-order valence-electron chi connectivity index (χ1n) is 6.22. The molecule has 0 aromatic rings. The molecule has 2 fully saturated rings. The van der Waals surface area contributed by atoms with Crippen molar-refractivity contribution < 1.29 is 9.90 Å². The lowest BCUT2D eigenvalue weighted by Gasteiger charge is -2.39. The summed E-state index contributed by atoms with van der Waals surface area (Å²) < 4.78 is 0. The van der Waals surface area contributed by atoms with Gasteiger partial charge in [-0.15, -0.1) is 0 Å². The van der Waals surface area contributed by atoms with Gasteiger partial charge in [-0.2, -0.15) is 0 Å². The third-order valence-electron chi connectivity index (χ3n) is 3.62. The average Bonchev–Trinajstić information content (AvgIpc) is 2.30. The van der Waals surface area contributed by atoms with E-state index in [0.29, 0.717) is 6.04 Å². The van der Waals surface area contributed by atoms with Crippen LogP contribution >= 0.6 is 0 Å². The van der Waals surface area contributed by atoms with Crippen LogP contribution in [0.5, 0.6) is 0 Å². The van der Waals surface area contributed by atoms with Gasteiger partial charge in [0.25, 0.3) is 0 Å². The Bertz CT molecular complexity index is 233. The Morgan fingerprint density at radius 2 is 1.62 bits per heavy atom. The van der Waals surface area contributed by atoms with Gasteiger partial charge < -0.3 is 4.90 Å². The number of carbonyl (C=O) groups is 1. The Hall–Kier alpha value is -0.810. The van der Waals surface area contributed by atoms with Crippen molar-refractivity contribution in [1.29, 1.82) is 0 Å². The largest absolute Gasteiger partial charge is 0.464 e. The summed E-state index contributed by atoms with van der Waals surface area (Å²) >= 11 is 0. The Labute approximate surface area is 96.4 Å². The van der Waals surface area contributed by atoms with Gasteiger partial charge in [0.15, 0.2) is 0 Å². The number of hydrogen-bond acceptors (Lipinski definition) is 3. The zero-order valence-electron chi connectivity index (χ0n) is 9.65. The van der Waals surface area contributed by atoms with Crippen LogP contribution in [-0.4, -0.2) is 48.2 Å². The standard InChI is InChI=1S/C11H20N3O2/c15-11(16)12-14-8-4-10(5-9-14)13-6-2-1-3-7-13/h10,12H,1-9H2. The number of amides is 1. The van der Waals surface area contributed by atoms with E-state index >= 15 is 0 Å². The average molecular weight is 226 g/mol. The van der Waals surface area contributed by atoms with Crippen molar-refractivity contribution in [2.75, 3.05) is 26.2 Å². The number of hydrogen-bond donors (Lipinski definition) is 1. The molecule has 0 aromatic heterocycles. The van der Waals surface area contributed by atoms with Gasteiger partial charge >= 0.3 is 6.09 Å². The fourth-order valence-corrected chi connectivity index (χ4v) is 2.76. The van der Waals surface area contributed by atoms with Gasteiger partial charge in [0.05, 0.1) is 0 Å². The highest BCUT2D eigenvalue weighted by Gasteiger charge is 2.26. The highest BCUT2D eigenvalue weighted by atomic mass is 16.4. The molecule has 0 aromatic carbocycles. The molecule has 0 spiro atoms. The fourth-order valence-electron chi connectivity index (χ4n) is 2.76. The SMILES string of the molecule is [O]C(=O)NN1CCC(N2CCCCC2)CC1. The van der Waals surface area contributed by atoms with Crippen molar-refractivity contribution >= 4 is 6.09 Å². The van der Waals surface area contributed by atoms with Gasteiger partial charge in [0, 0.05) is 19.1 Å². The first-order chi connectivity index (χ1) is 7.75. The molecule has 5 heteroatoms. The van der Waals surface area contributed by atoms with Crippen molar-refractivity contribution in [2.45, 2.75) is 38.1 Å². The highest BCUT2D eigenvalue weighted by Crippen LogP contribution is 2.19. The normalized spacial score (nSPS) is 25.5. The summed E-state index contributed by atoms with van der Waals surface area (Å²) in [6, 6.07) is 0.653. The molecule has 0 bridgehead atoms. The van der Waals surface area contributed by atoms with Gasteiger partial charge in [0.1, 0.15) is 0 Å². The monoisotopic (exact) mass is 226 g/mol. The maximum absolute atomic E-state index is 10.4. The second kappa shape index (κ2) is 5.50. The van der Waals surface area contributed by atoms with E-state index in [9.17, 15) is 9.90 Å². The van der Waals surface area contributed by atoms with Crippen LogP contribution in [0.15, 0.2) is 0 Å². The molecule has 1 N–H and O–H groups in total. The molecule has 2 aliphatic heterocycles. The van der Waals surface area contributed by atoms with Gasteiger partial charge in [-0.05, 0) is 38.8 Å². The van der Waals surface area contributed by atoms with E-state index in [1.54, 1.807) is 5.01 Å². The lowest BCUT2D eigenvalue weighted by atomic mass is 10.0. The minimum Gasteiger partial charge on any atom is -0.300 e. The summed E-state index contributed by atoms with van der Waals surface area (Å²) in [6.07, 6.45) is 4.91. The van der Waals surface area contributed by atoms with E-state index in [4.69, 9.17) is 0 Å². The maximum atomic E-state index is 10.4. The van der Waals surface area contributed by atoms with E-state index in [1.165, 1.54) is 32.4 Å². The number of nitrogens with zero attached hydrogens (tertiary/aromatic N) is 2. The lowest BCUT2D eigenvalue weighted by molar-refractivity contribution is 0.0608. The third kappa shape index (κ3) is 3.09.